The lowest BCUT2D eigenvalue weighted by molar-refractivity contribution is 0.303. The van der Waals surface area contributed by atoms with E-state index in [0.29, 0.717) is 28.9 Å². The van der Waals surface area contributed by atoms with Crippen LogP contribution in [0.25, 0.3) is 10.9 Å². The van der Waals surface area contributed by atoms with Crippen molar-refractivity contribution in [2.75, 3.05) is 0 Å². The van der Waals surface area contributed by atoms with Crippen LogP contribution in [0.15, 0.2) is 79.5 Å². The molecule has 0 radical (unpaired) electrons. The van der Waals surface area contributed by atoms with Gasteiger partial charge in [0.2, 0.25) is 0 Å². The van der Waals surface area contributed by atoms with Crippen LogP contribution in [-0.2, 0) is 13.0 Å². The van der Waals surface area contributed by atoms with Crippen molar-refractivity contribution in [2.24, 2.45) is 5.10 Å². The summed E-state index contributed by atoms with van der Waals surface area (Å²) in [5, 5.41) is 4.95. The lowest BCUT2D eigenvalue weighted by Crippen LogP contribution is -2.22. The fourth-order valence-corrected chi connectivity index (χ4v) is 4.20. The Balaban J connectivity index is 1.59. The molecule has 33 heavy (non-hydrogen) atoms. The van der Waals surface area contributed by atoms with Gasteiger partial charge in [-0.05, 0) is 82.0 Å². The fraction of sp³-hybridized carbons (Fsp3) is 0.160. The summed E-state index contributed by atoms with van der Waals surface area (Å²) in [6, 6.07) is 17.2. The maximum atomic E-state index is 13.4. The molecule has 168 valence electrons. The summed E-state index contributed by atoms with van der Waals surface area (Å²) in [4.78, 5) is 17.7. The van der Waals surface area contributed by atoms with Crippen molar-refractivity contribution in [1.82, 2.24) is 9.66 Å². The summed E-state index contributed by atoms with van der Waals surface area (Å²) >= 11 is 6.92. The van der Waals surface area contributed by atoms with E-state index >= 15 is 0 Å². The van der Waals surface area contributed by atoms with Crippen LogP contribution in [-0.4, -0.2) is 15.9 Å². The number of fused-ring (bicyclic) bond motifs is 1. The third-order valence-corrected chi connectivity index (χ3v) is 6.02. The quantitative estimate of drug-likeness (QED) is 0.238. The zero-order chi connectivity index (χ0) is 23.4. The molecule has 0 spiro atoms. The van der Waals surface area contributed by atoms with Gasteiger partial charge in [0.25, 0.3) is 5.56 Å². The summed E-state index contributed by atoms with van der Waals surface area (Å²) in [6.45, 7) is 2.28. The maximum Gasteiger partial charge on any atom is 0.282 e. The molecular weight excluding hydrogens is 553 g/mol. The molecule has 1 aromatic heterocycles. The summed E-state index contributed by atoms with van der Waals surface area (Å²) in [5.41, 5.74) is 1.96. The molecule has 1 heterocycles. The van der Waals surface area contributed by atoms with Crippen LogP contribution in [0.2, 0.25) is 0 Å². The molecule has 8 heteroatoms. The van der Waals surface area contributed by atoms with Gasteiger partial charge in [-0.3, -0.25) is 4.79 Å². The second-order valence-corrected chi connectivity index (χ2v) is 9.18. The molecular formula is C25H20Br2FN3O2. The highest BCUT2D eigenvalue weighted by atomic mass is 79.9. The number of aryl methyl sites for hydroxylation is 1. The zero-order valence-corrected chi connectivity index (χ0v) is 20.9. The first-order chi connectivity index (χ1) is 15.9. The van der Waals surface area contributed by atoms with Crippen molar-refractivity contribution in [3.8, 4) is 5.75 Å². The Morgan fingerprint density at radius 1 is 1.12 bits per heavy atom. The highest BCUT2D eigenvalue weighted by molar-refractivity contribution is 9.10. The molecule has 0 saturated heterocycles. The Labute approximate surface area is 207 Å². The predicted molar refractivity (Wildman–Crippen MR) is 136 cm³/mol. The van der Waals surface area contributed by atoms with Crippen LogP contribution in [0.4, 0.5) is 4.39 Å². The highest BCUT2D eigenvalue weighted by Crippen LogP contribution is 2.26. The topological polar surface area (TPSA) is 56.5 Å². The van der Waals surface area contributed by atoms with E-state index < -0.39 is 0 Å². The molecule has 0 bridgehead atoms. The van der Waals surface area contributed by atoms with Gasteiger partial charge >= 0.3 is 0 Å². The minimum atomic E-state index is -0.296. The molecule has 0 atom stereocenters. The molecule has 0 saturated carbocycles. The monoisotopic (exact) mass is 571 g/mol. The van der Waals surface area contributed by atoms with E-state index in [1.54, 1.807) is 30.5 Å². The van der Waals surface area contributed by atoms with E-state index in [1.807, 2.05) is 31.2 Å². The first-order valence-electron chi connectivity index (χ1n) is 10.4. The van der Waals surface area contributed by atoms with Gasteiger partial charge in [0, 0.05) is 10.9 Å². The van der Waals surface area contributed by atoms with E-state index in [2.05, 4.69) is 41.9 Å². The van der Waals surface area contributed by atoms with Crippen LogP contribution in [0.5, 0.6) is 5.75 Å². The van der Waals surface area contributed by atoms with E-state index in [9.17, 15) is 9.18 Å². The number of aromatic nitrogens is 2. The molecule has 0 N–H and O–H groups in total. The van der Waals surface area contributed by atoms with Crippen LogP contribution in [0.1, 0.15) is 30.3 Å². The average Bonchev–Trinajstić information content (AvgIpc) is 2.79. The van der Waals surface area contributed by atoms with Gasteiger partial charge in [-0.15, -0.1) is 0 Å². The van der Waals surface area contributed by atoms with Crippen molar-refractivity contribution in [3.05, 3.63) is 103 Å². The minimum absolute atomic E-state index is 0.213. The van der Waals surface area contributed by atoms with Gasteiger partial charge in [0.1, 0.15) is 24.0 Å². The molecule has 0 fully saturated rings. The van der Waals surface area contributed by atoms with Gasteiger partial charge in [0.05, 0.1) is 21.6 Å². The standard InChI is InChI=1S/C25H20Br2FN3O2/c1-2-4-24-30-22-9-8-18(26)13-20(22)25(32)31(24)29-14-16-7-10-23(21(27)12-16)33-15-17-5-3-6-19(28)11-17/h3,5-14H,2,4,15H2,1H3. The third-order valence-electron chi connectivity index (χ3n) is 4.91. The van der Waals surface area contributed by atoms with E-state index in [-0.39, 0.29) is 18.0 Å². The number of halogens is 3. The van der Waals surface area contributed by atoms with Crippen LogP contribution in [0, 0.1) is 5.82 Å². The first-order valence-corrected chi connectivity index (χ1v) is 12.0. The Hall–Kier alpha value is -2.84. The van der Waals surface area contributed by atoms with Gasteiger partial charge in [0.15, 0.2) is 0 Å². The Morgan fingerprint density at radius 2 is 1.97 bits per heavy atom. The van der Waals surface area contributed by atoms with Crippen LogP contribution >= 0.6 is 31.9 Å². The summed E-state index contributed by atoms with van der Waals surface area (Å²) in [6.07, 6.45) is 3.09. The molecule has 0 unspecified atom stereocenters. The second-order valence-electron chi connectivity index (χ2n) is 7.41. The van der Waals surface area contributed by atoms with E-state index in [0.717, 1.165) is 26.5 Å². The summed E-state index contributed by atoms with van der Waals surface area (Å²) in [5.74, 6) is 0.940. The van der Waals surface area contributed by atoms with Crippen molar-refractivity contribution < 1.29 is 9.13 Å². The van der Waals surface area contributed by atoms with Gasteiger partial charge < -0.3 is 4.74 Å². The fourth-order valence-electron chi connectivity index (χ4n) is 3.33. The number of hydrogen-bond donors (Lipinski definition) is 0. The number of rotatable bonds is 7. The van der Waals surface area contributed by atoms with Gasteiger partial charge in [-0.25, -0.2) is 9.37 Å². The zero-order valence-electron chi connectivity index (χ0n) is 17.8. The average molecular weight is 573 g/mol. The third kappa shape index (κ3) is 5.57. The molecule has 4 rings (SSSR count). The minimum Gasteiger partial charge on any atom is -0.488 e. The van der Waals surface area contributed by atoms with Crippen LogP contribution in [0.3, 0.4) is 0 Å². The van der Waals surface area contributed by atoms with Crippen molar-refractivity contribution in [1.29, 1.82) is 0 Å². The predicted octanol–water partition coefficient (Wildman–Crippen LogP) is 6.47. The number of ether oxygens (including phenoxy) is 1. The van der Waals surface area contributed by atoms with Gasteiger partial charge in [-0.1, -0.05) is 35.0 Å². The highest BCUT2D eigenvalue weighted by Gasteiger charge is 2.11. The first kappa shape index (κ1) is 23.3. The van der Waals surface area contributed by atoms with Crippen LogP contribution < -0.4 is 10.3 Å². The van der Waals surface area contributed by atoms with Crippen molar-refractivity contribution in [3.63, 3.8) is 0 Å². The Morgan fingerprint density at radius 3 is 2.73 bits per heavy atom. The Kier molecular flexibility index (Phi) is 7.35. The van der Waals surface area contributed by atoms with E-state index in [4.69, 9.17) is 4.74 Å². The number of hydrogen-bond acceptors (Lipinski definition) is 4. The molecule has 0 aliphatic rings. The number of nitrogens with zero attached hydrogens (tertiary/aromatic N) is 3. The molecule has 0 aliphatic carbocycles. The van der Waals surface area contributed by atoms with Crippen molar-refractivity contribution >= 4 is 49.0 Å². The second kappa shape index (κ2) is 10.4. The smallest absolute Gasteiger partial charge is 0.282 e. The molecule has 5 nitrogen and oxygen atoms in total. The molecule has 0 aliphatic heterocycles. The molecule has 4 aromatic rings. The summed E-state index contributed by atoms with van der Waals surface area (Å²) < 4.78 is 22.0. The Bertz CT molecular complexity index is 1400. The number of benzene rings is 3. The lowest BCUT2D eigenvalue weighted by atomic mass is 10.2. The molecule has 0 amide bonds. The van der Waals surface area contributed by atoms with Gasteiger partial charge in [-0.2, -0.15) is 9.78 Å². The SMILES string of the molecule is CCCc1nc2ccc(Br)cc2c(=O)n1N=Cc1ccc(OCc2cccc(F)c2)c(Br)c1. The maximum absolute atomic E-state index is 13.4. The van der Waals surface area contributed by atoms with E-state index in [1.165, 1.54) is 16.8 Å². The lowest BCUT2D eigenvalue weighted by Gasteiger charge is -2.10. The summed E-state index contributed by atoms with van der Waals surface area (Å²) in [7, 11) is 0. The largest absolute Gasteiger partial charge is 0.488 e. The molecule has 3 aromatic carbocycles. The normalized spacial score (nSPS) is 11.4. The van der Waals surface area contributed by atoms with Crippen molar-refractivity contribution in [2.45, 2.75) is 26.4 Å².